The van der Waals surface area contributed by atoms with Gasteiger partial charge in [-0.2, -0.15) is 0 Å². The number of aliphatic hydroxyl groups is 1. The first-order chi connectivity index (χ1) is 13.7. The molecule has 3 rings (SSSR count). The summed E-state index contributed by atoms with van der Waals surface area (Å²) in [5.74, 6) is 0.858. The van der Waals surface area contributed by atoms with E-state index in [-0.39, 0.29) is 30.5 Å². The number of aliphatic hydroxyl groups excluding tert-OH is 1. The fraction of sp³-hybridized carbons (Fsp3) is 0.500. The molecule has 6 heteroatoms. The fourth-order valence-corrected chi connectivity index (χ4v) is 3.90. The van der Waals surface area contributed by atoms with Gasteiger partial charge in [-0.25, -0.2) is 0 Å². The van der Waals surface area contributed by atoms with Crippen LogP contribution >= 0.6 is 28.3 Å². The molecule has 2 atom stereocenters. The van der Waals surface area contributed by atoms with Crippen LogP contribution in [0.5, 0.6) is 5.75 Å². The van der Waals surface area contributed by atoms with Crippen LogP contribution in [-0.2, 0) is 10.2 Å². The van der Waals surface area contributed by atoms with Gasteiger partial charge in [0.15, 0.2) is 0 Å². The summed E-state index contributed by atoms with van der Waals surface area (Å²) in [7, 11) is 0. The summed E-state index contributed by atoms with van der Waals surface area (Å²) >= 11 is 3.47. The first-order valence-corrected chi connectivity index (χ1v) is 11.0. The molecular formula is C24H33BrClNO3. The molecular weight excluding hydrogens is 466 g/mol. The number of benzene rings is 2. The molecule has 0 aromatic heterocycles. The summed E-state index contributed by atoms with van der Waals surface area (Å²) in [5, 5.41) is 10.6. The van der Waals surface area contributed by atoms with Gasteiger partial charge >= 0.3 is 0 Å². The minimum Gasteiger partial charge on any atom is -0.491 e. The predicted molar refractivity (Wildman–Crippen MR) is 128 cm³/mol. The highest BCUT2D eigenvalue weighted by Crippen LogP contribution is 2.32. The summed E-state index contributed by atoms with van der Waals surface area (Å²) < 4.78 is 13.0. The smallest absolute Gasteiger partial charge is 0.123 e. The lowest BCUT2D eigenvalue weighted by atomic mass is 9.85. The van der Waals surface area contributed by atoms with Gasteiger partial charge in [-0.05, 0) is 41.7 Å². The zero-order chi connectivity index (χ0) is 21.0. The molecule has 0 radical (unpaired) electrons. The van der Waals surface area contributed by atoms with E-state index in [2.05, 4.69) is 72.8 Å². The minimum atomic E-state index is -0.548. The van der Waals surface area contributed by atoms with Gasteiger partial charge in [0.1, 0.15) is 18.5 Å². The van der Waals surface area contributed by atoms with Crippen LogP contribution in [0.3, 0.4) is 0 Å². The number of morpholine rings is 1. The van der Waals surface area contributed by atoms with E-state index in [1.165, 1.54) is 11.1 Å². The van der Waals surface area contributed by atoms with Gasteiger partial charge in [0.05, 0.1) is 12.7 Å². The second-order valence-corrected chi connectivity index (χ2v) is 9.80. The van der Waals surface area contributed by atoms with Gasteiger partial charge in [-0.15, -0.1) is 12.4 Å². The monoisotopic (exact) mass is 497 g/mol. The van der Waals surface area contributed by atoms with Crippen molar-refractivity contribution in [2.24, 2.45) is 0 Å². The molecule has 0 aliphatic carbocycles. The number of halogens is 2. The summed E-state index contributed by atoms with van der Waals surface area (Å²) in [6, 6.07) is 14.5. The number of hydrogen-bond acceptors (Lipinski definition) is 4. The summed E-state index contributed by atoms with van der Waals surface area (Å²) in [4.78, 5) is 2.25. The van der Waals surface area contributed by atoms with Crippen molar-refractivity contribution >= 4 is 28.3 Å². The molecule has 1 N–H and O–H groups in total. The highest BCUT2D eigenvalue weighted by atomic mass is 79.9. The van der Waals surface area contributed by atoms with E-state index in [1.54, 1.807) is 0 Å². The van der Waals surface area contributed by atoms with Crippen LogP contribution in [0, 0.1) is 6.92 Å². The predicted octanol–water partition coefficient (Wildman–Crippen LogP) is 5.29. The lowest BCUT2D eigenvalue weighted by Crippen LogP contribution is -2.43. The van der Waals surface area contributed by atoms with E-state index in [9.17, 15) is 5.11 Å². The molecule has 2 unspecified atom stereocenters. The Hall–Kier alpha value is -1.11. The summed E-state index contributed by atoms with van der Waals surface area (Å²) in [6.45, 7) is 11.8. The Balaban J connectivity index is 0.00000320. The molecule has 1 heterocycles. The fourth-order valence-electron chi connectivity index (χ4n) is 3.64. The molecule has 0 saturated carbocycles. The zero-order valence-corrected chi connectivity index (χ0v) is 20.6. The third-order valence-electron chi connectivity index (χ3n) is 5.24. The molecule has 0 spiro atoms. The highest BCUT2D eigenvalue weighted by molar-refractivity contribution is 9.10. The van der Waals surface area contributed by atoms with Crippen LogP contribution in [0.1, 0.15) is 43.6 Å². The Labute approximate surface area is 195 Å². The third-order valence-corrected chi connectivity index (χ3v) is 5.76. The van der Waals surface area contributed by atoms with Gasteiger partial charge in [-0.1, -0.05) is 66.5 Å². The summed E-state index contributed by atoms with van der Waals surface area (Å²) in [6.07, 6.45) is -0.512. The van der Waals surface area contributed by atoms with Crippen LogP contribution in [0.15, 0.2) is 46.9 Å². The second-order valence-electron chi connectivity index (χ2n) is 8.89. The average molecular weight is 499 g/mol. The average Bonchev–Trinajstić information content (AvgIpc) is 2.67. The van der Waals surface area contributed by atoms with Crippen molar-refractivity contribution in [3.8, 4) is 5.75 Å². The minimum absolute atomic E-state index is 0. The third kappa shape index (κ3) is 6.96. The first kappa shape index (κ1) is 25.2. The molecule has 2 aromatic rings. The number of nitrogens with zero attached hydrogens (tertiary/aromatic N) is 1. The van der Waals surface area contributed by atoms with Crippen LogP contribution < -0.4 is 4.74 Å². The molecule has 2 aromatic carbocycles. The summed E-state index contributed by atoms with van der Waals surface area (Å²) in [5.41, 5.74) is 3.55. The normalized spacial score (nSPS) is 18.5. The van der Waals surface area contributed by atoms with Crippen LogP contribution in [0.25, 0.3) is 0 Å². The van der Waals surface area contributed by atoms with Crippen LogP contribution in [-0.4, -0.2) is 49.0 Å². The van der Waals surface area contributed by atoms with Crippen molar-refractivity contribution < 1.29 is 14.6 Å². The van der Waals surface area contributed by atoms with E-state index in [0.717, 1.165) is 28.9 Å². The van der Waals surface area contributed by atoms with E-state index in [1.807, 2.05) is 18.2 Å². The zero-order valence-electron chi connectivity index (χ0n) is 18.2. The van der Waals surface area contributed by atoms with Crippen molar-refractivity contribution in [3.63, 3.8) is 0 Å². The van der Waals surface area contributed by atoms with Gasteiger partial charge in [0, 0.05) is 24.1 Å². The number of rotatable bonds is 6. The van der Waals surface area contributed by atoms with Gasteiger partial charge < -0.3 is 14.6 Å². The SMILES string of the molecule is Cc1ccc(OCC(O)CN2CCOC(c3ccc(Br)cc3)C2)c(C(C)(C)C)c1.Cl. The van der Waals surface area contributed by atoms with Crippen molar-refractivity contribution in [2.75, 3.05) is 32.8 Å². The molecule has 166 valence electrons. The molecule has 1 fully saturated rings. The van der Waals surface area contributed by atoms with E-state index >= 15 is 0 Å². The topological polar surface area (TPSA) is 41.9 Å². The number of ether oxygens (including phenoxy) is 2. The van der Waals surface area contributed by atoms with Crippen molar-refractivity contribution in [1.82, 2.24) is 4.90 Å². The molecule has 1 aliphatic rings. The lowest BCUT2D eigenvalue weighted by Gasteiger charge is -2.34. The second kappa shape index (κ2) is 11.0. The van der Waals surface area contributed by atoms with Crippen molar-refractivity contribution in [1.29, 1.82) is 0 Å². The largest absolute Gasteiger partial charge is 0.491 e. The lowest BCUT2D eigenvalue weighted by molar-refractivity contribution is -0.0460. The molecule has 30 heavy (non-hydrogen) atoms. The van der Waals surface area contributed by atoms with Gasteiger partial charge in [0.2, 0.25) is 0 Å². The Kier molecular flexibility index (Phi) is 9.19. The maximum Gasteiger partial charge on any atom is 0.123 e. The number of aryl methyl sites for hydroxylation is 1. The van der Waals surface area contributed by atoms with E-state index in [4.69, 9.17) is 9.47 Å². The molecule has 0 amide bonds. The standard InChI is InChI=1S/C24H32BrNO3.ClH/c1-17-5-10-22(21(13-17)24(2,3)4)29-16-20(27)14-26-11-12-28-23(15-26)18-6-8-19(25)9-7-18;/h5-10,13,20,23,27H,11-12,14-16H2,1-4H3;1H. The maximum atomic E-state index is 10.6. The quantitative estimate of drug-likeness (QED) is 0.587. The maximum absolute atomic E-state index is 10.6. The van der Waals surface area contributed by atoms with E-state index in [0.29, 0.717) is 13.2 Å². The molecule has 1 aliphatic heterocycles. The Bertz CT molecular complexity index is 807. The Morgan fingerprint density at radius 3 is 2.57 bits per heavy atom. The Morgan fingerprint density at radius 1 is 1.20 bits per heavy atom. The van der Waals surface area contributed by atoms with Gasteiger partial charge in [-0.3, -0.25) is 4.90 Å². The van der Waals surface area contributed by atoms with Crippen molar-refractivity contribution in [2.45, 2.75) is 45.3 Å². The highest BCUT2D eigenvalue weighted by Gasteiger charge is 2.24. The number of hydrogen-bond donors (Lipinski definition) is 1. The Morgan fingerprint density at radius 2 is 1.90 bits per heavy atom. The molecule has 0 bridgehead atoms. The van der Waals surface area contributed by atoms with Gasteiger partial charge in [0.25, 0.3) is 0 Å². The molecule has 1 saturated heterocycles. The van der Waals surface area contributed by atoms with E-state index < -0.39 is 6.10 Å². The van der Waals surface area contributed by atoms with Crippen molar-refractivity contribution in [3.05, 3.63) is 63.6 Å². The van der Waals surface area contributed by atoms with Crippen LogP contribution in [0.4, 0.5) is 0 Å². The first-order valence-electron chi connectivity index (χ1n) is 10.2. The van der Waals surface area contributed by atoms with Crippen LogP contribution in [0.2, 0.25) is 0 Å². The molecule has 4 nitrogen and oxygen atoms in total. The number of β-amino-alcohol motifs (C(OH)–C–C–N with tert-alkyl or cyclic N) is 1.